The first-order valence-corrected chi connectivity index (χ1v) is 11.9. The fraction of sp³-hybridized carbons (Fsp3) is 0.481. The predicted molar refractivity (Wildman–Crippen MR) is 123 cm³/mol. The Labute approximate surface area is 201 Å². The van der Waals surface area contributed by atoms with Gasteiger partial charge in [-0.05, 0) is 80.3 Å². The molecular weight excluding hydrogens is 470 g/mol. The molecule has 1 saturated carbocycles. The molecule has 1 aliphatic carbocycles. The highest BCUT2D eigenvalue weighted by Gasteiger charge is 2.41. The summed E-state index contributed by atoms with van der Waals surface area (Å²) in [6.07, 6.45) is -0.242. The maximum absolute atomic E-state index is 14.9. The molecule has 0 radical (unpaired) electrons. The Balaban J connectivity index is 1.82. The van der Waals surface area contributed by atoms with Gasteiger partial charge in [0.2, 0.25) is 0 Å². The number of allylic oxidation sites excluding steroid dienone is 1. The molecule has 2 nitrogen and oxygen atoms in total. The van der Waals surface area contributed by atoms with Crippen molar-refractivity contribution in [3.8, 4) is 11.5 Å². The van der Waals surface area contributed by atoms with Crippen LogP contribution in [0.25, 0.3) is 6.08 Å². The highest BCUT2D eigenvalue weighted by Crippen LogP contribution is 2.41. The van der Waals surface area contributed by atoms with Gasteiger partial charge in [0.25, 0.3) is 0 Å². The van der Waals surface area contributed by atoms with Gasteiger partial charge in [-0.25, -0.2) is 4.39 Å². The van der Waals surface area contributed by atoms with E-state index in [2.05, 4.69) is 11.7 Å². The van der Waals surface area contributed by atoms with E-state index in [1.165, 1.54) is 18.2 Å². The SMILES string of the molecule is CCCC1CCC(C=Cc2ccc(OC(F)(F)c3ccc(OCC)cc3)c(F)c2C(F)(F)F)CC1. The van der Waals surface area contributed by atoms with Crippen LogP contribution in [0.1, 0.15) is 69.1 Å². The zero-order valence-corrected chi connectivity index (χ0v) is 19.8. The van der Waals surface area contributed by atoms with Crippen LogP contribution in [0.4, 0.5) is 26.3 Å². The average molecular weight is 501 g/mol. The topological polar surface area (TPSA) is 18.5 Å². The molecule has 2 aromatic carbocycles. The second kappa shape index (κ2) is 11.4. The summed E-state index contributed by atoms with van der Waals surface area (Å²) < 4.78 is 95.0. The lowest BCUT2D eigenvalue weighted by molar-refractivity contribution is -0.188. The van der Waals surface area contributed by atoms with Crippen LogP contribution in [0.3, 0.4) is 0 Å². The van der Waals surface area contributed by atoms with E-state index >= 15 is 0 Å². The lowest BCUT2D eigenvalue weighted by atomic mass is 9.80. The quantitative estimate of drug-likeness (QED) is 0.320. The number of ether oxygens (including phenoxy) is 2. The van der Waals surface area contributed by atoms with Crippen LogP contribution >= 0.6 is 0 Å². The van der Waals surface area contributed by atoms with Crippen molar-refractivity contribution in [1.82, 2.24) is 0 Å². The molecule has 0 aliphatic heterocycles. The largest absolute Gasteiger partial charge is 0.494 e. The molecule has 8 heteroatoms. The monoisotopic (exact) mass is 500 g/mol. The minimum atomic E-state index is -5.09. The summed E-state index contributed by atoms with van der Waals surface area (Å²) in [7, 11) is 0. The van der Waals surface area contributed by atoms with Crippen LogP contribution in [-0.2, 0) is 12.3 Å². The standard InChI is InChI=1S/C27H30F6O2/c1-3-5-18-6-8-19(9-7-18)10-11-20-12-17-23(25(28)24(20)26(29,30)31)35-27(32,33)21-13-15-22(16-14-21)34-4-2/h10-19H,3-9H2,1-2H3. The van der Waals surface area contributed by atoms with Crippen LogP contribution in [0, 0.1) is 17.7 Å². The summed E-state index contributed by atoms with van der Waals surface area (Å²) in [5.74, 6) is -1.95. The van der Waals surface area contributed by atoms with Crippen molar-refractivity contribution in [2.45, 2.75) is 64.7 Å². The lowest BCUT2D eigenvalue weighted by Gasteiger charge is -2.26. The second-order valence-corrected chi connectivity index (χ2v) is 8.84. The minimum Gasteiger partial charge on any atom is -0.494 e. The van der Waals surface area contributed by atoms with Gasteiger partial charge in [0.15, 0.2) is 11.6 Å². The van der Waals surface area contributed by atoms with E-state index in [9.17, 15) is 26.3 Å². The minimum absolute atomic E-state index is 0.104. The third kappa shape index (κ3) is 6.95. The Morgan fingerprint density at radius 3 is 2.14 bits per heavy atom. The zero-order valence-electron chi connectivity index (χ0n) is 19.8. The molecule has 3 rings (SSSR count). The summed E-state index contributed by atoms with van der Waals surface area (Å²) in [6, 6.07) is 6.36. The third-order valence-electron chi connectivity index (χ3n) is 6.30. The molecule has 0 heterocycles. The molecule has 35 heavy (non-hydrogen) atoms. The normalized spacial score (nSPS) is 19.2. The fourth-order valence-electron chi connectivity index (χ4n) is 4.50. The fourth-order valence-corrected chi connectivity index (χ4v) is 4.50. The Kier molecular flexibility index (Phi) is 8.78. The summed E-state index contributed by atoms with van der Waals surface area (Å²) in [6.45, 7) is 4.18. The average Bonchev–Trinajstić information content (AvgIpc) is 2.80. The molecule has 0 aromatic heterocycles. The van der Waals surface area contributed by atoms with E-state index in [0.717, 1.165) is 62.8 Å². The zero-order chi connectivity index (χ0) is 25.6. The lowest BCUT2D eigenvalue weighted by Crippen LogP contribution is -2.23. The van der Waals surface area contributed by atoms with E-state index in [1.54, 1.807) is 13.0 Å². The summed E-state index contributed by atoms with van der Waals surface area (Å²) >= 11 is 0. The smallest absolute Gasteiger partial charge is 0.426 e. The second-order valence-electron chi connectivity index (χ2n) is 8.84. The number of hydrogen-bond acceptors (Lipinski definition) is 2. The van der Waals surface area contributed by atoms with E-state index in [4.69, 9.17) is 4.74 Å². The van der Waals surface area contributed by atoms with Gasteiger partial charge in [0, 0.05) is 0 Å². The van der Waals surface area contributed by atoms with Gasteiger partial charge in [-0.2, -0.15) is 22.0 Å². The maximum atomic E-state index is 14.9. The first kappa shape index (κ1) is 27.0. The molecule has 0 saturated heterocycles. The molecule has 0 atom stereocenters. The molecular formula is C27H30F6O2. The van der Waals surface area contributed by atoms with Crippen LogP contribution in [0.15, 0.2) is 42.5 Å². The van der Waals surface area contributed by atoms with E-state index in [0.29, 0.717) is 18.3 Å². The highest BCUT2D eigenvalue weighted by molar-refractivity contribution is 5.57. The molecule has 0 unspecified atom stereocenters. The maximum Gasteiger partial charge on any atom is 0.426 e. The number of alkyl halides is 5. The van der Waals surface area contributed by atoms with Crippen LogP contribution in [0.5, 0.6) is 11.5 Å². The Morgan fingerprint density at radius 2 is 1.57 bits per heavy atom. The third-order valence-corrected chi connectivity index (χ3v) is 6.30. The Bertz CT molecular complexity index is 990. The number of benzene rings is 2. The molecule has 0 N–H and O–H groups in total. The summed E-state index contributed by atoms with van der Waals surface area (Å²) in [5, 5.41) is 0. The van der Waals surface area contributed by atoms with Gasteiger partial charge in [-0.3, -0.25) is 0 Å². The van der Waals surface area contributed by atoms with Crippen molar-refractivity contribution in [3.05, 3.63) is 65.0 Å². The molecule has 2 aromatic rings. The molecule has 1 aliphatic rings. The predicted octanol–water partition coefficient (Wildman–Crippen LogP) is 8.99. The summed E-state index contributed by atoms with van der Waals surface area (Å²) in [5.41, 5.74) is -2.67. The van der Waals surface area contributed by atoms with Crippen molar-refractivity contribution >= 4 is 6.08 Å². The number of hydrogen-bond donors (Lipinski definition) is 0. The number of rotatable bonds is 9. The van der Waals surface area contributed by atoms with Crippen molar-refractivity contribution in [2.24, 2.45) is 11.8 Å². The number of halogens is 6. The van der Waals surface area contributed by atoms with Gasteiger partial charge in [-0.1, -0.05) is 38.0 Å². The Hall–Kier alpha value is -2.64. The van der Waals surface area contributed by atoms with Gasteiger partial charge in [-0.15, -0.1) is 0 Å². The van der Waals surface area contributed by atoms with Crippen LogP contribution < -0.4 is 9.47 Å². The molecule has 1 fully saturated rings. The first-order valence-electron chi connectivity index (χ1n) is 11.9. The van der Waals surface area contributed by atoms with E-state index in [-0.39, 0.29) is 5.92 Å². The molecule has 0 bridgehead atoms. The first-order chi connectivity index (χ1) is 16.5. The van der Waals surface area contributed by atoms with E-state index in [1.807, 2.05) is 0 Å². The van der Waals surface area contributed by atoms with Gasteiger partial charge < -0.3 is 9.47 Å². The molecule has 0 spiro atoms. The van der Waals surface area contributed by atoms with Crippen molar-refractivity contribution < 1.29 is 35.8 Å². The van der Waals surface area contributed by atoms with Crippen molar-refractivity contribution in [1.29, 1.82) is 0 Å². The van der Waals surface area contributed by atoms with Gasteiger partial charge >= 0.3 is 12.3 Å². The van der Waals surface area contributed by atoms with Gasteiger partial charge in [0.1, 0.15) is 11.3 Å². The summed E-state index contributed by atoms with van der Waals surface area (Å²) in [4.78, 5) is 0. The van der Waals surface area contributed by atoms with Gasteiger partial charge in [0.05, 0.1) is 12.2 Å². The molecule has 0 amide bonds. The molecule has 192 valence electrons. The van der Waals surface area contributed by atoms with Crippen molar-refractivity contribution in [3.63, 3.8) is 0 Å². The van der Waals surface area contributed by atoms with E-state index < -0.39 is 40.5 Å². The van der Waals surface area contributed by atoms with Crippen LogP contribution in [-0.4, -0.2) is 6.61 Å². The van der Waals surface area contributed by atoms with Crippen molar-refractivity contribution in [2.75, 3.05) is 6.61 Å². The van der Waals surface area contributed by atoms with Crippen LogP contribution in [0.2, 0.25) is 0 Å². The highest BCUT2D eigenvalue weighted by atomic mass is 19.4. The Morgan fingerprint density at radius 1 is 0.914 bits per heavy atom.